The molecule has 1 aliphatic rings. The Balaban J connectivity index is 1.64. The molecule has 0 saturated heterocycles. The van der Waals surface area contributed by atoms with Gasteiger partial charge in [-0.3, -0.25) is 0 Å². The summed E-state index contributed by atoms with van der Waals surface area (Å²) in [6.45, 7) is 2.16. The van der Waals surface area contributed by atoms with Crippen molar-refractivity contribution in [3.05, 3.63) is 64.1 Å². The number of nitrogens with two attached hydrogens (primary N) is 1. The lowest BCUT2D eigenvalue weighted by Gasteiger charge is -2.32. The highest BCUT2D eigenvalue weighted by atomic mass is 79.9. The average molecular weight is 345 g/mol. The lowest BCUT2D eigenvalue weighted by atomic mass is 10.00. The number of para-hydroxylation sites is 1. The molecule has 0 saturated carbocycles. The first-order valence-corrected chi connectivity index (χ1v) is 8.37. The molecule has 2 nitrogen and oxygen atoms in total. The third kappa shape index (κ3) is 3.47. The highest BCUT2D eigenvalue weighted by Gasteiger charge is 2.17. The first-order valence-electron chi connectivity index (χ1n) is 7.58. The SMILES string of the molecule is NC(CCN1CCCc2ccccc21)c1ccc(Br)cc1. The molecule has 0 amide bonds. The van der Waals surface area contributed by atoms with Crippen LogP contribution in [0.5, 0.6) is 0 Å². The Morgan fingerprint density at radius 1 is 1.10 bits per heavy atom. The minimum atomic E-state index is 0.104. The van der Waals surface area contributed by atoms with Gasteiger partial charge in [0.25, 0.3) is 0 Å². The standard InChI is InChI=1S/C18H21BrN2/c19-16-9-7-14(8-10-16)17(20)11-13-21-12-3-5-15-4-1-2-6-18(15)21/h1-2,4,6-10,17H,3,5,11-13,20H2. The van der Waals surface area contributed by atoms with E-state index in [1.165, 1.54) is 29.7 Å². The Hall–Kier alpha value is -1.32. The van der Waals surface area contributed by atoms with Crippen molar-refractivity contribution in [1.82, 2.24) is 0 Å². The van der Waals surface area contributed by atoms with Crippen LogP contribution < -0.4 is 10.6 Å². The molecular formula is C18H21BrN2. The van der Waals surface area contributed by atoms with E-state index in [1.807, 2.05) is 0 Å². The van der Waals surface area contributed by atoms with Gasteiger partial charge in [-0.25, -0.2) is 0 Å². The summed E-state index contributed by atoms with van der Waals surface area (Å²) in [5, 5.41) is 0. The molecule has 0 aromatic heterocycles. The minimum absolute atomic E-state index is 0.104. The maximum Gasteiger partial charge on any atom is 0.0398 e. The van der Waals surface area contributed by atoms with Crippen molar-refractivity contribution in [2.75, 3.05) is 18.0 Å². The van der Waals surface area contributed by atoms with E-state index < -0.39 is 0 Å². The van der Waals surface area contributed by atoms with Crippen LogP contribution in [0, 0.1) is 0 Å². The van der Waals surface area contributed by atoms with Gasteiger partial charge in [-0.2, -0.15) is 0 Å². The number of fused-ring (bicyclic) bond motifs is 1. The fraction of sp³-hybridized carbons (Fsp3) is 0.333. The van der Waals surface area contributed by atoms with Gasteiger partial charge in [0.15, 0.2) is 0 Å². The van der Waals surface area contributed by atoms with E-state index in [9.17, 15) is 0 Å². The molecule has 0 aliphatic carbocycles. The third-order valence-corrected chi connectivity index (χ3v) is 4.74. The van der Waals surface area contributed by atoms with E-state index in [2.05, 4.69) is 69.4 Å². The third-order valence-electron chi connectivity index (χ3n) is 4.21. The Bertz CT molecular complexity index is 594. The summed E-state index contributed by atoms with van der Waals surface area (Å²) in [4.78, 5) is 2.48. The Labute approximate surface area is 135 Å². The molecule has 110 valence electrons. The molecule has 2 aromatic carbocycles. The molecule has 1 aliphatic heterocycles. The predicted molar refractivity (Wildman–Crippen MR) is 92.7 cm³/mol. The summed E-state index contributed by atoms with van der Waals surface area (Å²) < 4.78 is 1.10. The van der Waals surface area contributed by atoms with Crippen molar-refractivity contribution >= 4 is 21.6 Å². The summed E-state index contributed by atoms with van der Waals surface area (Å²) in [6, 6.07) is 17.2. The zero-order valence-corrected chi connectivity index (χ0v) is 13.7. The lowest BCUT2D eigenvalue weighted by molar-refractivity contribution is 0.603. The van der Waals surface area contributed by atoms with Gasteiger partial charge in [0.1, 0.15) is 0 Å². The molecule has 1 heterocycles. The van der Waals surface area contributed by atoms with Gasteiger partial charge in [0, 0.05) is 29.3 Å². The quantitative estimate of drug-likeness (QED) is 0.896. The maximum atomic E-state index is 6.34. The molecule has 2 N–H and O–H groups in total. The highest BCUT2D eigenvalue weighted by molar-refractivity contribution is 9.10. The summed E-state index contributed by atoms with van der Waals surface area (Å²) >= 11 is 3.47. The van der Waals surface area contributed by atoms with Gasteiger partial charge in [0.2, 0.25) is 0 Å². The van der Waals surface area contributed by atoms with E-state index >= 15 is 0 Å². The predicted octanol–water partition coefficient (Wildman–Crippen LogP) is 4.29. The van der Waals surface area contributed by atoms with Crippen LogP contribution in [0.3, 0.4) is 0 Å². The van der Waals surface area contributed by atoms with Crippen LogP contribution in [0.25, 0.3) is 0 Å². The fourth-order valence-electron chi connectivity index (χ4n) is 3.02. The Kier molecular flexibility index (Phi) is 4.61. The summed E-state index contributed by atoms with van der Waals surface area (Å²) in [5.74, 6) is 0. The van der Waals surface area contributed by atoms with Crippen molar-refractivity contribution in [2.24, 2.45) is 5.73 Å². The highest BCUT2D eigenvalue weighted by Crippen LogP contribution is 2.27. The van der Waals surface area contributed by atoms with Gasteiger partial charge in [-0.1, -0.05) is 46.3 Å². The van der Waals surface area contributed by atoms with E-state index in [4.69, 9.17) is 5.73 Å². The zero-order chi connectivity index (χ0) is 14.7. The van der Waals surface area contributed by atoms with Crippen molar-refractivity contribution < 1.29 is 0 Å². The second kappa shape index (κ2) is 6.63. The number of hydrogen-bond acceptors (Lipinski definition) is 2. The molecule has 3 rings (SSSR count). The number of anilines is 1. The molecule has 2 aromatic rings. The fourth-order valence-corrected chi connectivity index (χ4v) is 3.28. The van der Waals surface area contributed by atoms with Crippen LogP contribution in [0.1, 0.15) is 30.0 Å². The molecule has 1 atom stereocenters. The number of hydrogen-bond donors (Lipinski definition) is 1. The van der Waals surface area contributed by atoms with Crippen LogP contribution in [0.2, 0.25) is 0 Å². The van der Waals surface area contributed by atoms with Gasteiger partial charge in [0.05, 0.1) is 0 Å². The average Bonchev–Trinajstić information content (AvgIpc) is 2.53. The van der Waals surface area contributed by atoms with Gasteiger partial charge in [-0.05, 0) is 48.6 Å². The Morgan fingerprint density at radius 3 is 2.67 bits per heavy atom. The van der Waals surface area contributed by atoms with E-state index in [-0.39, 0.29) is 6.04 Å². The molecule has 1 unspecified atom stereocenters. The smallest absolute Gasteiger partial charge is 0.0398 e. The maximum absolute atomic E-state index is 6.34. The number of benzene rings is 2. The van der Waals surface area contributed by atoms with Crippen molar-refractivity contribution in [3.8, 4) is 0 Å². The number of aryl methyl sites for hydroxylation is 1. The normalized spacial score (nSPS) is 15.6. The monoisotopic (exact) mass is 344 g/mol. The second-order valence-electron chi connectivity index (χ2n) is 5.67. The molecule has 0 bridgehead atoms. The van der Waals surface area contributed by atoms with E-state index in [1.54, 1.807) is 0 Å². The molecule has 21 heavy (non-hydrogen) atoms. The number of halogens is 1. The van der Waals surface area contributed by atoms with Crippen molar-refractivity contribution in [3.63, 3.8) is 0 Å². The molecule has 0 radical (unpaired) electrons. The van der Waals surface area contributed by atoms with Crippen LogP contribution in [0.4, 0.5) is 5.69 Å². The van der Waals surface area contributed by atoms with Crippen molar-refractivity contribution in [2.45, 2.75) is 25.3 Å². The summed E-state index contributed by atoms with van der Waals surface area (Å²) in [7, 11) is 0. The topological polar surface area (TPSA) is 29.3 Å². The number of rotatable bonds is 4. The van der Waals surface area contributed by atoms with Crippen LogP contribution in [-0.4, -0.2) is 13.1 Å². The Morgan fingerprint density at radius 2 is 1.86 bits per heavy atom. The van der Waals surface area contributed by atoms with Crippen molar-refractivity contribution in [1.29, 1.82) is 0 Å². The summed E-state index contributed by atoms with van der Waals surface area (Å²) in [5.41, 5.74) is 10.4. The lowest BCUT2D eigenvalue weighted by Crippen LogP contribution is -2.32. The van der Waals surface area contributed by atoms with Gasteiger partial charge >= 0.3 is 0 Å². The second-order valence-corrected chi connectivity index (χ2v) is 6.58. The van der Waals surface area contributed by atoms with Gasteiger partial charge < -0.3 is 10.6 Å². The molecule has 3 heteroatoms. The van der Waals surface area contributed by atoms with E-state index in [0.717, 1.165) is 24.0 Å². The zero-order valence-electron chi connectivity index (χ0n) is 12.1. The minimum Gasteiger partial charge on any atom is -0.371 e. The molecular weight excluding hydrogens is 324 g/mol. The van der Waals surface area contributed by atoms with Crippen LogP contribution >= 0.6 is 15.9 Å². The molecule has 0 spiro atoms. The van der Waals surface area contributed by atoms with Gasteiger partial charge in [-0.15, -0.1) is 0 Å². The molecule has 0 fully saturated rings. The summed E-state index contributed by atoms with van der Waals surface area (Å²) in [6.07, 6.45) is 3.42. The number of nitrogens with zero attached hydrogens (tertiary/aromatic N) is 1. The van der Waals surface area contributed by atoms with E-state index in [0.29, 0.717) is 0 Å². The van der Waals surface area contributed by atoms with Crippen LogP contribution in [-0.2, 0) is 6.42 Å². The largest absolute Gasteiger partial charge is 0.371 e. The first-order chi connectivity index (χ1) is 10.2. The van der Waals surface area contributed by atoms with Crippen LogP contribution in [0.15, 0.2) is 53.0 Å². The first kappa shape index (κ1) is 14.6.